The van der Waals surface area contributed by atoms with Gasteiger partial charge in [-0.25, -0.2) is 0 Å². The molecule has 6 nitrogen and oxygen atoms in total. The summed E-state index contributed by atoms with van der Waals surface area (Å²) in [5, 5.41) is 12.3. The van der Waals surface area contributed by atoms with Gasteiger partial charge in [0.1, 0.15) is 5.01 Å². The molecule has 1 aromatic heterocycles. The standard InChI is InChI=1S/C17H22N4O2S/c1-12-3-5-14(6-4-12)18-16(22)17-20-19-15(24-17)10-21(2)9-13-7-8-23-11-13/h3-6,13H,7-11H2,1-2H3,(H,18,22)/t13-/m1/s1. The summed E-state index contributed by atoms with van der Waals surface area (Å²) in [6, 6.07) is 7.69. The normalized spacial score (nSPS) is 17.4. The number of amides is 1. The Labute approximate surface area is 145 Å². The fourth-order valence-corrected chi connectivity index (χ4v) is 3.51. The highest BCUT2D eigenvalue weighted by Crippen LogP contribution is 2.17. The SMILES string of the molecule is Cc1ccc(NC(=O)c2nnc(CN(C)C[C@H]3CCOC3)s2)cc1. The fourth-order valence-electron chi connectivity index (χ4n) is 2.69. The highest BCUT2D eigenvalue weighted by molar-refractivity contribution is 7.13. The summed E-state index contributed by atoms with van der Waals surface area (Å²) in [4.78, 5) is 14.5. The second kappa shape index (κ2) is 7.83. The van der Waals surface area contributed by atoms with Gasteiger partial charge in [0.25, 0.3) is 5.91 Å². The second-order valence-corrected chi connectivity index (χ2v) is 7.31. The van der Waals surface area contributed by atoms with Gasteiger partial charge >= 0.3 is 0 Å². The zero-order valence-electron chi connectivity index (χ0n) is 14.0. The molecule has 0 radical (unpaired) electrons. The van der Waals surface area contributed by atoms with Crippen LogP contribution in [0.1, 0.15) is 26.8 Å². The molecule has 128 valence electrons. The van der Waals surface area contributed by atoms with Gasteiger partial charge in [0.2, 0.25) is 5.01 Å². The van der Waals surface area contributed by atoms with Crippen molar-refractivity contribution in [2.75, 3.05) is 32.1 Å². The monoisotopic (exact) mass is 346 g/mol. The Morgan fingerprint density at radius 2 is 2.17 bits per heavy atom. The maximum atomic E-state index is 12.2. The number of aryl methyl sites for hydroxylation is 1. The van der Waals surface area contributed by atoms with E-state index in [9.17, 15) is 4.79 Å². The van der Waals surface area contributed by atoms with E-state index in [2.05, 4.69) is 27.5 Å². The fraction of sp³-hybridized carbons (Fsp3) is 0.471. The number of anilines is 1. The Balaban J connectivity index is 1.54. The van der Waals surface area contributed by atoms with Gasteiger partial charge in [0.05, 0.1) is 13.2 Å². The first kappa shape index (κ1) is 17.0. The van der Waals surface area contributed by atoms with E-state index in [1.165, 1.54) is 11.3 Å². The number of rotatable bonds is 6. The van der Waals surface area contributed by atoms with Crippen molar-refractivity contribution in [1.82, 2.24) is 15.1 Å². The van der Waals surface area contributed by atoms with Gasteiger partial charge in [-0.05, 0) is 38.4 Å². The molecule has 0 saturated carbocycles. The van der Waals surface area contributed by atoms with Crippen molar-refractivity contribution in [3.63, 3.8) is 0 Å². The number of hydrogen-bond acceptors (Lipinski definition) is 6. The van der Waals surface area contributed by atoms with E-state index in [0.29, 0.717) is 17.5 Å². The molecule has 1 N–H and O–H groups in total. The molecule has 1 aliphatic heterocycles. The van der Waals surface area contributed by atoms with Crippen LogP contribution >= 0.6 is 11.3 Å². The third-order valence-corrected chi connectivity index (χ3v) is 4.88. The van der Waals surface area contributed by atoms with Gasteiger partial charge < -0.3 is 10.1 Å². The summed E-state index contributed by atoms with van der Waals surface area (Å²) in [7, 11) is 2.06. The lowest BCUT2D eigenvalue weighted by Gasteiger charge is -2.18. The van der Waals surface area contributed by atoms with Gasteiger partial charge in [-0.3, -0.25) is 9.69 Å². The highest BCUT2D eigenvalue weighted by Gasteiger charge is 2.19. The number of hydrogen-bond donors (Lipinski definition) is 1. The first-order chi connectivity index (χ1) is 11.6. The van der Waals surface area contributed by atoms with Crippen LogP contribution in [0.15, 0.2) is 24.3 Å². The van der Waals surface area contributed by atoms with E-state index >= 15 is 0 Å². The number of benzene rings is 1. The number of carbonyl (C=O) groups is 1. The van der Waals surface area contributed by atoms with E-state index in [4.69, 9.17) is 4.74 Å². The minimum Gasteiger partial charge on any atom is -0.381 e. The molecule has 0 spiro atoms. The number of carbonyl (C=O) groups excluding carboxylic acids is 1. The van der Waals surface area contributed by atoms with Crippen LogP contribution in [0.3, 0.4) is 0 Å². The number of nitrogens with one attached hydrogen (secondary N) is 1. The molecule has 24 heavy (non-hydrogen) atoms. The van der Waals surface area contributed by atoms with E-state index in [1.807, 2.05) is 31.2 Å². The number of aromatic nitrogens is 2. The van der Waals surface area contributed by atoms with Crippen LogP contribution in [0.5, 0.6) is 0 Å². The Morgan fingerprint density at radius 1 is 1.38 bits per heavy atom. The van der Waals surface area contributed by atoms with Crippen molar-refractivity contribution in [2.45, 2.75) is 19.9 Å². The smallest absolute Gasteiger partial charge is 0.286 e. The Kier molecular flexibility index (Phi) is 5.55. The lowest BCUT2D eigenvalue weighted by Crippen LogP contribution is -2.25. The van der Waals surface area contributed by atoms with E-state index < -0.39 is 0 Å². The van der Waals surface area contributed by atoms with Crippen LogP contribution in [0, 0.1) is 12.8 Å². The minimum absolute atomic E-state index is 0.213. The summed E-state index contributed by atoms with van der Waals surface area (Å²) >= 11 is 1.34. The Bertz CT molecular complexity index is 680. The minimum atomic E-state index is -0.213. The lowest BCUT2D eigenvalue weighted by molar-refractivity contribution is 0.102. The molecule has 0 unspecified atom stereocenters. The molecule has 2 heterocycles. The summed E-state index contributed by atoms with van der Waals surface area (Å²) in [5.41, 5.74) is 1.92. The zero-order chi connectivity index (χ0) is 16.9. The van der Waals surface area contributed by atoms with E-state index in [-0.39, 0.29) is 5.91 Å². The maximum Gasteiger partial charge on any atom is 0.286 e. The number of ether oxygens (including phenoxy) is 1. The van der Waals surface area contributed by atoms with Crippen molar-refractivity contribution >= 4 is 22.9 Å². The van der Waals surface area contributed by atoms with Crippen LogP contribution in [-0.2, 0) is 11.3 Å². The first-order valence-electron chi connectivity index (χ1n) is 8.07. The lowest BCUT2D eigenvalue weighted by atomic mass is 10.1. The van der Waals surface area contributed by atoms with Crippen LogP contribution < -0.4 is 5.32 Å². The second-order valence-electron chi connectivity index (χ2n) is 6.25. The summed E-state index contributed by atoms with van der Waals surface area (Å²) in [6.07, 6.45) is 1.12. The zero-order valence-corrected chi connectivity index (χ0v) is 14.8. The third kappa shape index (κ3) is 4.59. The van der Waals surface area contributed by atoms with E-state index in [1.54, 1.807) is 0 Å². The maximum absolute atomic E-state index is 12.2. The number of nitrogens with zero attached hydrogens (tertiary/aromatic N) is 3. The van der Waals surface area contributed by atoms with Gasteiger partial charge in [-0.1, -0.05) is 29.0 Å². The average Bonchev–Trinajstić information content (AvgIpc) is 3.21. The molecule has 0 aliphatic carbocycles. The van der Waals surface area contributed by atoms with Gasteiger partial charge in [0.15, 0.2) is 0 Å². The summed E-state index contributed by atoms with van der Waals surface area (Å²) in [5.74, 6) is 0.377. The van der Waals surface area contributed by atoms with Crippen LogP contribution in [0.25, 0.3) is 0 Å². The molecular weight excluding hydrogens is 324 g/mol. The van der Waals surface area contributed by atoms with Crippen LogP contribution in [0.2, 0.25) is 0 Å². The average molecular weight is 346 g/mol. The van der Waals surface area contributed by atoms with Crippen molar-refractivity contribution < 1.29 is 9.53 Å². The molecule has 0 bridgehead atoms. The van der Waals surface area contributed by atoms with Gasteiger partial charge in [0, 0.05) is 18.8 Å². The molecular formula is C17H22N4O2S. The van der Waals surface area contributed by atoms with Gasteiger partial charge in [-0.2, -0.15) is 0 Å². The molecule has 7 heteroatoms. The Hall–Kier alpha value is -1.83. The van der Waals surface area contributed by atoms with E-state index in [0.717, 1.165) is 42.4 Å². The predicted octanol–water partition coefficient (Wildman–Crippen LogP) is 2.57. The largest absolute Gasteiger partial charge is 0.381 e. The molecule has 1 fully saturated rings. The van der Waals surface area contributed by atoms with Crippen molar-refractivity contribution in [3.05, 3.63) is 39.8 Å². The van der Waals surface area contributed by atoms with Gasteiger partial charge in [-0.15, -0.1) is 10.2 Å². The molecule has 1 aliphatic rings. The molecule has 1 saturated heterocycles. The highest BCUT2D eigenvalue weighted by atomic mass is 32.1. The third-order valence-electron chi connectivity index (χ3n) is 3.97. The first-order valence-corrected chi connectivity index (χ1v) is 8.88. The van der Waals surface area contributed by atoms with Crippen molar-refractivity contribution in [3.8, 4) is 0 Å². The van der Waals surface area contributed by atoms with Crippen LogP contribution in [-0.4, -0.2) is 47.8 Å². The summed E-state index contributed by atoms with van der Waals surface area (Å²) in [6.45, 7) is 5.39. The molecule has 1 aromatic carbocycles. The topological polar surface area (TPSA) is 67.4 Å². The van der Waals surface area contributed by atoms with Crippen molar-refractivity contribution in [2.24, 2.45) is 5.92 Å². The Morgan fingerprint density at radius 3 is 2.88 bits per heavy atom. The summed E-state index contributed by atoms with van der Waals surface area (Å²) < 4.78 is 5.40. The quantitative estimate of drug-likeness (QED) is 0.871. The van der Waals surface area contributed by atoms with Crippen LogP contribution in [0.4, 0.5) is 5.69 Å². The molecule has 3 rings (SSSR count). The predicted molar refractivity (Wildman–Crippen MR) is 94.3 cm³/mol. The molecule has 1 amide bonds. The molecule has 2 aromatic rings. The molecule has 1 atom stereocenters. The van der Waals surface area contributed by atoms with Crippen molar-refractivity contribution in [1.29, 1.82) is 0 Å².